The van der Waals surface area contributed by atoms with Crippen LogP contribution in [0.4, 0.5) is 0 Å². The van der Waals surface area contributed by atoms with Gasteiger partial charge in [-0.2, -0.15) is 0 Å². The van der Waals surface area contributed by atoms with Gasteiger partial charge in [0, 0.05) is 38.4 Å². The maximum atomic E-state index is 11.9. The third-order valence-electron chi connectivity index (χ3n) is 3.65. The van der Waals surface area contributed by atoms with Gasteiger partial charge in [-0.25, -0.2) is 4.79 Å². The summed E-state index contributed by atoms with van der Waals surface area (Å²) in [6.45, 7) is 2.74. The van der Waals surface area contributed by atoms with Gasteiger partial charge in [0.25, 0.3) is 5.56 Å². The first-order chi connectivity index (χ1) is 8.54. The molecular weight excluding hydrogens is 230 g/mol. The zero-order chi connectivity index (χ0) is 13.3. The number of nitrogens with zero attached hydrogens (tertiary/aromatic N) is 2. The Morgan fingerprint density at radius 2 is 2.11 bits per heavy atom. The van der Waals surface area contributed by atoms with E-state index in [1.165, 1.54) is 30.9 Å². The molecule has 0 saturated heterocycles. The fraction of sp³-hybridized carbons (Fsp3) is 0.692. The van der Waals surface area contributed by atoms with Crippen LogP contribution in [0, 0.1) is 5.92 Å². The quantitative estimate of drug-likeness (QED) is 0.822. The number of nitrogens with one attached hydrogen (secondary N) is 1. The van der Waals surface area contributed by atoms with E-state index >= 15 is 0 Å². The molecule has 0 aliphatic heterocycles. The first kappa shape index (κ1) is 13.1. The van der Waals surface area contributed by atoms with Gasteiger partial charge in [0.1, 0.15) is 0 Å². The summed E-state index contributed by atoms with van der Waals surface area (Å²) >= 11 is 0. The number of rotatable bonds is 5. The number of aromatic nitrogens is 2. The predicted octanol–water partition coefficient (Wildman–Crippen LogP) is 0.362. The predicted molar refractivity (Wildman–Crippen MR) is 70.6 cm³/mol. The summed E-state index contributed by atoms with van der Waals surface area (Å²) in [4.78, 5) is 23.4. The van der Waals surface area contributed by atoms with E-state index in [4.69, 9.17) is 0 Å². The second-order valence-electron chi connectivity index (χ2n) is 5.18. The van der Waals surface area contributed by atoms with Gasteiger partial charge in [-0.1, -0.05) is 13.3 Å². The van der Waals surface area contributed by atoms with E-state index in [0.717, 1.165) is 10.5 Å². The van der Waals surface area contributed by atoms with E-state index in [1.54, 1.807) is 13.2 Å². The van der Waals surface area contributed by atoms with Crippen LogP contribution in [0.5, 0.6) is 0 Å². The van der Waals surface area contributed by atoms with Crippen molar-refractivity contribution in [3.63, 3.8) is 0 Å². The molecule has 1 aliphatic rings. The fourth-order valence-electron chi connectivity index (χ4n) is 2.43. The molecule has 1 fully saturated rings. The Labute approximate surface area is 106 Å². The zero-order valence-corrected chi connectivity index (χ0v) is 11.3. The van der Waals surface area contributed by atoms with E-state index in [9.17, 15) is 9.59 Å². The summed E-state index contributed by atoms with van der Waals surface area (Å²) in [6.07, 6.45) is 5.31. The third kappa shape index (κ3) is 2.56. The van der Waals surface area contributed by atoms with Crippen LogP contribution < -0.4 is 16.6 Å². The second kappa shape index (κ2) is 5.10. The van der Waals surface area contributed by atoms with Gasteiger partial charge in [0.05, 0.1) is 0 Å². The van der Waals surface area contributed by atoms with Crippen molar-refractivity contribution in [3.8, 4) is 0 Å². The largest absolute Gasteiger partial charge is 0.330 e. The van der Waals surface area contributed by atoms with Crippen molar-refractivity contribution in [2.45, 2.75) is 38.8 Å². The molecule has 1 saturated carbocycles. The lowest BCUT2D eigenvalue weighted by Crippen LogP contribution is -2.39. The molecule has 2 unspecified atom stereocenters. The minimum absolute atomic E-state index is 0.196. The Morgan fingerprint density at radius 3 is 2.78 bits per heavy atom. The highest BCUT2D eigenvalue weighted by Gasteiger charge is 2.35. The smallest absolute Gasteiger partial charge is 0.309 e. The van der Waals surface area contributed by atoms with Crippen molar-refractivity contribution in [2.24, 2.45) is 20.0 Å². The van der Waals surface area contributed by atoms with Crippen molar-refractivity contribution < 1.29 is 0 Å². The summed E-state index contributed by atoms with van der Waals surface area (Å²) in [6, 6.07) is 0.548. The van der Waals surface area contributed by atoms with E-state index < -0.39 is 0 Å². The highest BCUT2D eigenvalue weighted by Crippen LogP contribution is 2.34. The summed E-state index contributed by atoms with van der Waals surface area (Å²) in [5.74, 6) is 0.770. The molecule has 0 spiro atoms. The van der Waals surface area contributed by atoms with Crippen molar-refractivity contribution in [2.75, 3.05) is 0 Å². The molecule has 1 heterocycles. The Morgan fingerprint density at radius 1 is 1.39 bits per heavy atom. The number of aryl methyl sites for hydroxylation is 1. The maximum absolute atomic E-state index is 11.9. The van der Waals surface area contributed by atoms with Crippen LogP contribution in [0.3, 0.4) is 0 Å². The monoisotopic (exact) mass is 251 g/mol. The van der Waals surface area contributed by atoms with Crippen molar-refractivity contribution in [1.82, 2.24) is 14.5 Å². The van der Waals surface area contributed by atoms with E-state index in [1.807, 2.05) is 0 Å². The van der Waals surface area contributed by atoms with Crippen LogP contribution >= 0.6 is 0 Å². The SMILES string of the molecule is CCCC1CC1NCc1cn(C)c(=O)n(C)c1=O. The van der Waals surface area contributed by atoms with Crippen molar-refractivity contribution in [1.29, 1.82) is 0 Å². The molecule has 1 aromatic heterocycles. The second-order valence-corrected chi connectivity index (χ2v) is 5.18. The number of hydrogen-bond donors (Lipinski definition) is 1. The lowest BCUT2D eigenvalue weighted by atomic mass is 10.2. The summed E-state index contributed by atoms with van der Waals surface area (Å²) < 4.78 is 2.61. The van der Waals surface area contributed by atoms with E-state index in [2.05, 4.69) is 12.2 Å². The van der Waals surface area contributed by atoms with Gasteiger partial charge in [0.2, 0.25) is 0 Å². The molecule has 5 heteroatoms. The average molecular weight is 251 g/mol. The Bertz CT molecular complexity index is 544. The molecule has 18 heavy (non-hydrogen) atoms. The normalized spacial score (nSPS) is 22.2. The zero-order valence-electron chi connectivity index (χ0n) is 11.3. The molecule has 1 aliphatic carbocycles. The fourth-order valence-corrected chi connectivity index (χ4v) is 2.43. The molecule has 5 nitrogen and oxygen atoms in total. The molecule has 1 aromatic rings. The van der Waals surface area contributed by atoms with Crippen LogP contribution in [0.1, 0.15) is 31.7 Å². The summed E-state index contributed by atoms with van der Waals surface area (Å²) in [5, 5.41) is 3.39. The molecule has 2 rings (SSSR count). The Hall–Kier alpha value is -1.36. The van der Waals surface area contributed by atoms with Gasteiger partial charge in [-0.05, 0) is 18.8 Å². The van der Waals surface area contributed by atoms with E-state index in [0.29, 0.717) is 18.2 Å². The number of hydrogen-bond acceptors (Lipinski definition) is 3. The standard InChI is InChI=1S/C13H21N3O2/c1-4-5-9-6-11(9)14-7-10-8-15(2)13(18)16(3)12(10)17/h8-9,11,14H,4-7H2,1-3H3. The minimum Gasteiger partial charge on any atom is -0.309 e. The van der Waals surface area contributed by atoms with E-state index in [-0.39, 0.29) is 11.2 Å². The Kier molecular flexibility index (Phi) is 3.71. The topological polar surface area (TPSA) is 56.0 Å². The summed E-state index contributed by atoms with van der Waals surface area (Å²) in [7, 11) is 3.19. The molecule has 2 atom stereocenters. The lowest BCUT2D eigenvalue weighted by molar-refractivity contribution is 0.584. The molecule has 100 valence electrons. The molecule has 0 aromatic carbocycles. The average Bonchev–Trinajstić information content (AvgIpc) is 3.08. The highest BCUT2D eigenvalue weighted by molar-refractivity contribution is 5.06. The first-order valence-electron chi connectivity index (χ1n) is 6.53. The van der Waals surface area contributed by atoms with Gasteiger partial charge >= 0.3 is 5.69 Å². The van der Waals surface area contributed by atoms with Crippen LogP contribution in [0.2, 0.25) is 0 Å². The molecule has 0 radical (unpaired) electrons. The van der Waals surface area contributed by atoms with Crippen LogP contribution in [-0.4, -0.2) is 15.2 Å². The molecule has 0 bridgehead atoms. The van der Waals surface area contributed by atoms with Crippen LogP contribution in [0.15, 0.2) is 15.8 Å². The van der Waals surface area contributed by atoms with Gasteiger partial charge in [-0.15, -0.1) is 0 Å². The lowest BCUT2D eigenvalue weighted by Gasteiger charge is -2.07. The van der Waals surface area contributed by atoms with Gasteiger partial charge in [-0.3, -0.25) is 9.36 Å². The molecule has 0 amide bonds. The van der Waals surface area contributed by atoms with Gasteiger partial charge in [0.15, 0.2) is 0 Å². The summed E-state index contributed by atoms with van der Waals surface area (Å²) in [5.41, 5.74) is 0.180. The van der Waals surface area contributed by atoms with Crippen LogP contribution in [-0.2, 0) is 20.6 Å². The molecule has 1 N–H and O–H groups in total. The third-order valence-corrected chi connectivity index (χ3v) is 3.65. The molecular formula is C13H21N3O2. The van der Waals surface area contributed by atoms with Crippen molar-refractivity contribution >= 4 is 0 Å². The van der Waals surface area contributed by atoms with Crippen molar-refractivity contribution in [3.05, 3.63) is 32.6 Å². The minimum atomic E-state index is -0.279. The highest BCUT2D eigenvalue weighted by atomic mass is 16.2. The maximum Gasteiger partial charge on any atom is 0.330 e. The van der Waals surface area contributed by atoms with Crippen LogP contribution in [0.25, 0.3) is 0 Å². The van der Waals surface area contributed by atoms with Gasteiger partial charge < -0.3 is 9.88 Å². The first-order valence-corrected chi connectivity index (χ1v) is 6.53. The Balaban J connectivity index is 2.03.